The largest absolute Gasteiger partial charge is 0.351 e. The summed E-state index contributed by atoms with van der Waals surface area (Å²) in [6.45, 7) is 5.58. The van der Waals surface area contributed by atoms with Crippen LogP contribution in [0.2, 0.25) is 0 Å². The van der Waals surface area contributed by atoms with Crippen LogP contribution in [0, 0.1) is 5.92 Å². The second-order valence-electron chi connectivity index (χ2n) is 7.25. The molecule has 0 bridgehead atoms. The summed E-state index contributed by atoms with van der Waals surface area (Å²) in [6, 6.07) is 7.22. The predicted molar refractivity (Wildman–Crippen MR) is 103 cm³/mol. The summed E-state index contributed by atoms with van der Waals surface area (Å²) in [5.74, 6) is 0.107. The standard InChI is InChI=1S/C20H30N4O2/c25-19(22-11-14-24-12-9-21-10-13-24)17-7-4-8-18(15-17)23-20(26)16-5-2-1-3-6-16/h4,7-8,15-16,21H,1-3,5-6,9-14H2,(H,22,25)(H,23,26). The van der Waals surface area contributed by atoms with Crippen molar-refractivity contribution in [3.8, 4) is 0 Å². The molecule has 2 amide bonds. The molecular formula is C20H30N4O2. The van der Waals surface area contributed by atoms with E-state index in [1.54, 1.807) is 12.1 Å². The van der Waals surface area contributed by atoms with Crippen molar-refractivity contribution in [1.82, 2.24) is 15.5 Å². The lowest BCUT2D eigenvalue weighted by molar-refractivity contribution is -0.120. The van der Waals surface area contributed by atoms with Gasteiger partial charge >= 0.3 is 0 Å². The number of carbonyl (C=O) groups is 2. The second-order valence-corrected chi connectivity index (χ2v) is 7.25. The third kappa shape index (κ3) is 5.54. The van der Waals surface area contributed by atoms with Gasteiger partial charge in [-0.3, -0.25) is 14.5 Å². The highest BCUT2D eigenvalue weighted by molar-refractivity contribution is 5.97. The summed E-state index contributed by atoms with van der Waals surface area (Å²) in [5, 5.41) is 9.28. The fraction of sp³-hybridized carbons (Fsp3) is 0.600. The van der Waals surface area contributed by atoms with Crippen LogP contribution in [0.5, 0.6) is 0 Å². The van der Waals surface area contributed by atoms with E-state index in [1.165, 1.54) is 6.42 Å². The summed E-state index contributed by atoms with van der Waals surface area (Å²) in [6.07, 6.45) is 5.44. The Labute approximate surface area is 155 Å². The Bertz CT molecular complexity index is 608. The summed E-state index contributed by atoms with van der Waals surface area (Å²) in [5.41, 5.74) is 1.29. The van der Waals surface area contributed by atoms with E-state index in [2.05, 4.69) is 20.9 Å². The van der Waals surface area contributed by atoms with Crippen molar-refractivity contribution in [2.45, 2.75) is 32.1 Å². The van der Waals surface area contributed by atoms with Crippen molar-refractivity contribution in [2.75, 3.05) is 44.6 Å². The first-order valence-electron chi connectivity index (χ1n) is 9.84. The summed E-state index contributed by atoms with van der Waals surface area (Å²) < 4.78 is 0. The smallest absolute Gasteiger partial charge is 0.251 e. The molecular weight excluding hydrogens is 328 g/mol. The van der Waals surface area contributed by atoms with E-state index in [-0.39, 0.29) is 17.7 Å². The van der Waals surface area contributed by atoms with Crippen LogP contribution in [0.15, 0.2) is 24.3 Å². The number of piperazine rings is 1. The van der Waals surface area contributed by atoms with Crippen molar-refractivity contribution >= 4 is 17.5 Å². The van der Waals surface area contributed by atoms with Crippen LogP contribution in [0.25, 0.3) is 0 Å². The van der Waals surface area contributed by atoms with Gasteiger partial charge in [0, 0.05) is 56.4 Å². The van der Waals surface area contributed by atoms with Gasteiger partial charge < -0.3 is 16.0 Å². The lowest BCUT2D eigenvalue weighted by atomic mass is 9.88. The minimum absolute atomic E-state index is 0.0842. The normalized spacial score (nSPS) is 19.1. The molecule has 0 aromatic heterocycles. The molecule has 0 spiro atoms. The van der Waals surface area contributed by atoms with E-state index >= 15 is 0 Å². The first kappa shape index (κ1) is 18.9. The predicted octanol–water partition coefficient (Wildman–Crippen LogP) is 1.84. The molecule has 2 aliphatic rings. The summed E-state index contributed by atoms with van der Waals surface area (Å²) >= 11 is 0. The highest BCUT2D eigenvalue weighted by atomic mass is 16.2. The first-order valence-corrected chi connectivity index (χ1v) is 9.84. The van der Waals surface area contributed by atoms with Gasteiger partial charge in [-0.25, -0.2) is 0 Å². The van der Waals surface area contributed by atoms with Gasteiger partial charge in [0.2, 0.25) is 5.91 Å². The van der Waals surface area contributed by atoms with Crippen molar-refractivity contribution in [3.63, 3.8) is 0 Å². The van der Waals surface area contributed by atoms with Gasteiger partial charge in [0.1, 0.15) is 0 Å². The van der Waals surface area contributed by atoms with Gasteiger partial charge in [0.05, 0.1) is 0 Å². The maximum Gasteiger partial charge on any atom is 0.251 e. The van der Waals surface area contributed by atoms with Gasteiger partial charge in [-0.2, -0.15) is 0 Å². The number of carbonyl (C=O) groups excluding carboxylic acids is 2. The summed E-state index contributed by atoms with van der Waals surface area (Å²) in [4.78, 5) is 27.1. The fourth-order valence-electron chi connectivity index (χ4n) is 3.71. The average Bonchev–Trinajstić information content (AvgIpc) is 2.69. The molecule has 6 nitrogen and oxygen atoms in total. The fourth-order valence-corrected chi connectivity index (χ4v) is 3.71. The Morgan fingerprint density at radius 3 is 2.65 bits per heavy atom. The molecule has 1 aliphatic heterocycles. The quantitative estimate of drug-likeness (QED) is 0.725. The maximum atomic E-state index is 12.4. The Kier molecular flexibility index (Phi) is 7.03. The number of nitrogens with one attached hydrogen (secondary N) is 3. The molecule has 0 radical (unpaired) electrons. The van der Waals surface area contributed by atoms with Crippen LogP contribution < -0.4 is 16.0 Å². The van der Waals surface area contributed by atoms with E-state index in [9.17, 15) is 9.59 Å². The minimum Gasteiger partial charge on any atom is -0.351 e. The lowest BCUT2D eigenvalue weighted by Crippen LogP contribution is -2.46. The van der Waals surface area contributed by atoms with E-state index < -0.39 is 0 Å². The number of rotatable bonds is 6. The van der Waals surface area contributed by atoms with Crippen molar-refractivity contribution in [2.24, 2.45) is 5.92 Å². The maximum absolute atomic E-state index is 12.4. The molecule has 142 valence electrons. The molecule has 1 heterocycles. The van der Waals surface area contributed by atoms with Gasteiger partial charge in [-0.05, 0) is 31.0 Å². The third-order valence-corrected chi connectivity index (χ3v) is 5.29. The molecule has 3 rings (SSSR count). The SMILES string of the molecule is O=C(NCCN1CCNCC1)c1cccc(NC(=O)C2CCCCC2)c1. The van der Waals surface area contributed by atoms with Crippen LogP contribution >= 0.6 is 0 Å². The average molecular weight is 358 g/mol. The summed E-state index contributed by atoms with van der Waals surface area (Å²) in [7, 11) is 0. The number of hydrogen-bond acceptors (Lipinski definition) is 4. The number of benzene rings is 1. The van der Waals surface area contributed by atoms with Crippen molar-refractivity contribution in [1.29, 1.82) is 0 Å². The molecule has 1 aromatic carbocycles. The van der Waals surface area contributed by atoms with Crippen molar-refractivity contribution in [3.05, 3.63) is 29.8 Å². The Hall–Kier alpha value is -1.92. The van der Waals surface area contributed by atoms with Crippen LogP contribution in [-0.2, 0) is 4.79 Å². The zero-order valence-electron chi connectivity index (χ0n) is 15.4. The van der Waals surface area contributed by atoms with Gasteiger partial charge in [0.15, 0.2) is 0 Å². The topological polar surface area (TPSA) is 73.5 Å². The molecule has 3 N–H and O–H groups in total. The third-order valence-electron chi connectivity index (χ3n) is 5.29. The number of hydrogen-bond donors (Lipinski definition) is 3. The van der Waals surface area contributed by atoms with E-state index in [1.807, 2.05) is 12.1 Å². The van der Waals surface area contributed by atoms with Crippen LogP contribution in [0.4, 0.5) is 5.69 Å². The van der Waals surface area contributed by atoms with E-state index in [4.69, 9.17) is 0 Å². The molecule has 1 saturated heterocycles. The zero-order valence-corrected chi connectivity index (χ0v) is 15.4. The van der Waals surface area contributed by atoms with Gasteiger partial charge in [-0.15, -0.1) is 0 Å². The second kappa shape index (κ2) is 9.69. The molecule has 0 atom stereocenters. The van der Waals surface area contributed by atoms with Gasteiger partial charge in [-0.1, -0.05) is 25.3 Å². The number of amides is 2. The van der Waals surface area contributed by atoms with Crippen LogP contribution in [0.3, 0.4) is 0 Å². The van der Waals surface area contributed by atoms with E-state index in [0.717, 1.165) is 58.4 Å². The zero-order chi connectivity index (χ0) is 18.2. The number of nitrogens with zero attached hydrogens (tertiary/aromatic N) is 1. The number of anilines is 1. The highest BCUT2D eigenvalue weighted by Crippen LogP contribution is 2.25. The molecule has 0 unspecified atom stereocenters. The molecule has 26 heavy (non-hydrogen) atoms. The van der Waals surface area contributed by atoms with Crippen LogP contribution in [-0.4, -0.2) is 56.0 Å². The first-order chi connectivity index (χ1) is 12.7. The molecule has 2 fully saturated rings. The molecule has 6 heteroatoms. The monoisotopic (exact) mass is 358 g/mol. The van der Waals surface area contributed by atoms with Gasteiger partial charge in [0.25, 0.3) is 5.91 Å². The minimum atomic E-state index is -0.0890. The molecule has 1 aliphatic carbocycles. The highest BCUT2D eigenvalue weighted by Gasteiger charge is 2.21. The molecule has 1 saturated carbocycles. The van der Waals surface area contributed by atoms with Crippen molar-refractivity contribution < 1.29 is 9.59 Å². The Morgan fingerprint density at radius 2 is 1.88 bits per heavy atom. The Balaban J connectivity index is 1.47. The molecule has 1 aromatic rings. The lowest BCUT2D eigenvalue weighted by Gasteiger charge is -2.27. The Morgan fingerprint density at radius 1 is 1.12 bits per heavy atom. The van der Waals surface area contributed by atoms with Crippen LogP contribution in [0.1, 0.15) is 42.5 Å². The van der Waals surface area contributed by atoms with E-state index in [0.29, 0.717) is 17.8 Å².